The van der Waals surface area contributed by atoms with Crippen molar-refractivity contribution in [3.8, 4) is 0 Å². The van der Waals surface area contributed by atoms with Gasteiger partial charge in [-0.2, -0.15) is 0 Å². The summed E-state index contributed by atoms with van der Waals surface area (Å²) < 4.78 is 26.7. The molecule has 0 aromatic heterocycles. The van der Waals surface area contributed by atoms with Crippen molar-refractivity contribution in [1.29, 1.82) is 0 Å². The van der Waals surface area contributed by atoms with Crippen LogP contribution in [0.2, 0.25) is 0 Å². The van der Waals surface area contributed by atoms with Crippen molar-refractivity contribution < 1.29 is 8.78 Å². The van der Waals surface area contributed by atoms with Crippen molar-refractivity contribution in [1.82, 2.24) is 5.32 Å². The Kier molecular flexibility index (Phi) is 5.56. The Bertz CT molecular complexity index is 330. The first-order valence-electron chi connectivity index (χ1n) is 6.17. The van der Waals surface area contributed by atoms with Gasteiger partial charge in [-0.1, -0.05) is 26.8 Å². The lowest BCUT2D eigenvalue weighted by Gasteiger charge is -2.15. The molecule has 0 aliphatic carbocycles. The van der Waals surface area contributed by atoms with Crippen molar-refractivity contribution in [2.75, 3.05) is 6.54 Å². The number of hydrogen-bond donors (Lipinski definition) is 1. The zero-order valence-electron chi connectivity index (χ0n) is 10.8. The Hall–Kier alpha value is -0.960. The Labute approximate surface area is 102 Å². The number of hydrogen-bond acceptors (Lipinski definition) is 1. The lowest BCUT2D eigenvalue weighted by Crippen LogP contribution is -2.28. The fourth-order valence-electron chi connectivity index (χ4n) is 1.70. The third kappa shape index (κ3) is 4.82. The molecule has 96 valence electrons. The molecule has 1 aromatic carbocycles. The highest BCUT2D eigenvalue weighted by atomic mass is 19.1. The van der Waals surface area contributed by atoms with Crippen molar-refractivity contribution in [2.24, 2.45) is 5.92 Å². The first-order valence-corrected chi connectivity index (χ1v) is 6.17. The van der Waals surface area contributed by atoms with E-state index in [0.29, 0.717) is 18.4 Å². The molecule has 3 heteroatoms. The number of halogens is 2. The van der Waals surface area contributed by atoms with Crippen LogP contribution in [0, 0.1) is 17.6 Å². The zero-order valence-corrected chi connectivity index (χ0v) is 10.8. The first-order chi connectivity index (χ1) is 8.00. The molecule has 1 atom stereocenters. The van der Waals surface area contributed by atoms with Crippen LogP contribution < -0.4 is 5.32 Å². The molecule has 17 heavy (non-hydrogen) atoms. The van der Waals surface area contributed by atoms with Crippen LogP contribution in [-0.4, -0.2) is 12.6 Å². The number of rotatable bonds is 6. The predicted octanol–water partition coefficient (Wildman–Crippen LogP) is 3.53. The predicted molar refractivity (Wildman–Crippen MR) is 67.0 cm³/mol. The molecule has 0 fully saturated rings. The summed E-state index contributed by atoms with van der Waals surface area (Å²) in [6, 6.07) is 4.48. The third-order valence-electron chi connectivity index (χ3n) is 2.82. The van der Waals surface area contributed by atoms with Crippen LogP contribution in [0.15, 0.2) is 18.2 Å². The molecule has 1 nitrogen and oxygen atoms in total. The Morgan fingerprint density at radius 2 is 1.71 bits per heavy atom. The molecule has 0 saturated carbocycles. The van der Waals surface area contributed by atoms with Crippen LogP contribution in [-0.2, 0) is 6.42 Å². The van der Waals surface area contributed by atoms with Gasteiger partial charge >= 0.3 is 0 Å². The fourth-order valence-corrected chi connectivity index (χ4v) is 1.70. The second-order valence-corrected chi connectivity index (χ2v) is 4.91. The highest BCUT2D eigenvalue weighted by molar-refractivity contribution is 5.19. The second kappa shape index (κ2) is 6.70. The van der Waals surface area contributed by atoms with Gasteiger partial charge in [0.25, 0.3) is 0 Å². The van der Waals surface area contributed by atoms with Crippen LogP contribution in [0.4, 0.5) is 8.78 Å². The molecule has 0 amide bonds. The van der Waals surface area contributed by atoms with Crippen molar-refractivity contribution in [2.45, 2.75) is 39.7 Å². The summed E-state index contributed by atoms with van der Waals surface area (Å²) in [5.41, 5.74) is 0.212. The summed E-state index contributed by atoms with van der Waals surface area (Å²) >= 11 is 0. The topological polar surface area (TPSA) is 12.0 Å². The maximum Gasteiger partial charge on any atom is 0.129 e. The van der Waals surface area contributed by atoms with Crippen LogP contribution in [0.1, 0.15) is 32.8 Å². The van der Waals surface area contributed by atoms with E-state index < -0.39 is 11.6 Å². The van der Waals surface area contributed by atoms with Gasteiger partial charge in [0, 0.05) is 11.6 Å². The zero-order chi connectivity index (χ0) is 12.8. The molecule has 0 aliphatic heterocycles. The van der Waals surface area contributed by atoms with E-state index in [4.69, 9.17) is 0 Å². The minimum absolute atomic E-state index is 0.212. The quantitative estimate of drug-likeness (QED) is 0.803. The second-order valence-electron chi connectivity index (χ2n) is 4.91. The van der Waals surface area contributed by atoms with Crippen LogP contribution in [0.5, 0.6) is 0 Å². The SMILES string of the molecule is CC(CCc1c(F)cccc1F)CNC(C)C. The van der Waals surface area contributed by atoms with E-state index in [9.17, 15) is 8.78 Å². The van der Waals surface area contributed by atoms with Gasteiger partial charge in [-0.3, -0.25) is 0 Å². The van der Waals surface area contributed by atoms with Gasteiger partial charge in [0.05, 0.1) is 0 Å². The monoisotopic (exact) mass is 241 g/mol. The van der Waals surface area contributed by atoms with E-state index in [1.165, 1.54) is 18.2 Å². The Morgan fingerprint density at radius 1 is 1.12 bits per heavy atom. The lowest BCUT2D eigenvalue weighted by molar-refractivity contribution is 0.444. The molecule has 0 saturated heterocycles. The minimum Gasteiger partial charge on any atom is -0.314 e. The highest BCUT2D eigenvalue weighted by Gasteiger charge is 2.10. The maximum absolute atomic E-state index is 13.4. The van der Waals surface area contributed by atoms with E-state index >= 15 is 0 Å². The molecule has 1 rings (SSSR count). The third-order valence-corrected chi connectivity index (χ3v) is 2.82. The van der Waals surface area contributed by atoms with Gasteiger partial charge in [-0.15, -0.1) is 0 Å². The standard InChI is InChI=1S/C14H21F2N/c1-10(2)17-9-11(3)7-8-12-13(15)5-4-6-14(12)16/h4-6,10-11,17H,7-9H2,1-3H3. The molecule has 1 aromatic rings. The van der Waals surface area contributed by atoms with Crippen LogP contribution in [0.3, 0.4) is 0 Å². The summed E-state index contributed by atoms with van der Waals surface area (Å²) in [6.45, 7) is 7.15. The molecular weight excluding hydrogens is 220 g/mol. The van der Waals surface area contributed by atoms with Crippen LogP contribution >= 0.6 is 0 Å². The van der Waals surface area contributed by atoms with E-state index in [2.05, 4.69) is 26.1 Å². The molecule has 1 N–H and O–H groups in total. The lowest BCUT2D eigenvalue weighted by atomic mass is 10.00. The van der Waals surface area contributed by atoms with E-state index in [1.54, 1.807) is 0 Å². The number of nitrogens with one attached hydrogen (secondary N) is 1. The van der Waals surface area contributed by atoms with Crippen molar-refractivity contribution in [3.05, 3.63) is 35.4 Å². The molecule has 0 spiro atoms. The van der Waals surface area contributed by atoms with Gasteiger partial charge in [0.2, 0.25) is 0 Å². The van der Waals surface area contributed by atoms with Crippen molar-refractivity contribution >= 4 is 0 Å². The number of benzene rings is 1. The highest BCUT2D eigenvalue weighted by Crippen LogP contribution is 2.16. The normalized spacial score (nSPS) is 13.1. The summed E-state index contributed by atoms with van der Waals surface area (Å²) in [7, 11) is 0. The summed E-state index contributed by atoms with van der Waals surface area (Å²) in [4.78, 5) is 0. The van der Waals surface area contributed by atoms with E-state index in [-0.39, 0.29) is 5.56 Å². The molecule has 1 unspecified atom stereocenters. The van der Waals surface area contributed by atoms with Crippen LogP contribution in [0.25, 0.3) is 0 Å². The first kappa shape index (κ1) is 14.1. The fraction of sp³-hybridized carbons (Fsp3) is 0.571. The smallest absolute Gasteiger partial charge is 0.129 e. The van der Waals surface area contributed by atoms with Gasteiger partial charge in [0.1, 0.15) is 11.6 Å². The van der Waals surface area contributed by atoms with E-state index in [0.717, 1.165) is 13.0 Å². The average molecular weight is 241 g/mol. The summed E-state index contributed by atoms with van der Waals surface area (Å²) in [5, 5.41) is 3.32. The maximum atomic E-state index is 13.4. The molecular formula is C14H21F2N. The largest absolute Gasteiger partial charge is 0.314 e. The average Bonchev–Trinajstić information content (AvgIpc) is 2.25. The summed E-state index contributed by atoms with van der Waals surface area (Å²) in [6.07, 6.45) is 1.25. The molecule has 0 aliphatic rings. The van der Waals surface area contributed by atoms with Gasteiger partial charge in [-0.25, -0.2) is 8.78 Å². The molecule has 0 radical (unpaired) electrons. The minimum atomic E-state index is -0.436. The molecule has 0 bridgehead atoms. The van der Waals surface area contributed by atoms with Gasteiger partial charge in [-0.05, 0) is 37.4 Å². The van der Waals surface area contributed by atoms with Gasteiger partial charge < -0.3 is 5.32 Å². The Morgan fingerprint density at radius 3 is 2.24 bits per heavy atom. The van der Waals surface area contributed by atoms with E-state index in [1.807, 2.05) is 0 Å². The summed E-state index contributed by atoms with van der Waals surface area (Å²) in [5.74, 6) is -0.459. The molecule has 0 heterocycles. The Balaban J connectivity index is 2.44. The van der Waals surface area contributed by atoms with Crippen molar-refractivity contribution in [3.63, 3.8) is 0 Å². The van der Waals surface area contributed by atoms with Gasteiger partial charge in [0.15, 0.2) is 0 Å².